The Bertz CT molecular complexity index is 626. The molecule has 0 amide bonds. The van der Waals surface area contributed by atoms with E-state index in [-0.39, 0.29) is 5.41 Å². The Morgan fingerprint density at radius 3 is 2.38 bits per heavy atom. The molecule has 0 spiro atoms. The van der Waals surface area contributed by atoms with Crippen molar-refractivity contribution in [1.82, 2.24) is 4.98 Å². The minimum atomic E-state index is -0.929. The van der Waals surface area contributed by atoms with E-state index in [4.69, 9.17) is 0 Å². The normalized spacial score (nSPS) is 13.0. The van der Waals surface area contributed by atoms with Gasteiger partial charge >= 0.3 is 5.97 Å². The number of rotatable bonds is 4. The molecule has 21 heavy (non-hydrogen) atoms. The standard InChI is InChI=1S/C16H20N2O2S/c1-10-5-7-11(8-6-10)17-13(14(19)20)12-9-21-15(18-12)16(2,3)4/h5-9,13,17H,1-4H3,(H,19,20). The molecule has 2 aromatic rings. The SMILES string of the molecule is Cc1ccc(NC(C(=O)O)c2csc(C(C)(C)C)n2)cc1. The lowest BCUT2D eigenvalue weighted by molar-refractivity contribution is -0.138. The molecular formula is C16H20N2O2S. The highest BCUT2D eigenvalue weighted by Crippen LogP contribution is 2.29. The molecule has 0 aliphatic rings. The van der Waals surface area contributed by atoms with Gasteiger partial charge in [-0.05, 0) is 19.1 Å². The number of carboxylic acid groups (broad SMARTS) is 1. The second-order valence-corrected chi connectivity index (χ2v) is 6.97. The number of hydrogen-bond donors (Lipinski definition) is 2. The lowest BCUT2D eigenvalue weighted by atomic mass is 9.98. The molecule has 0 radical (unpaired) electrons. The second kappa shape index (κ2) is 5.85. The number of hydrogen-bond acceptors (Lipinski definition) is 4. The van der Waals surface area contributed by atoms with Crippen molar-refractivity contribution in [2.24, 2.45) is 0 Å². The first-order valence-corrected chi connectivity index (χ1v) is 7.67. The Morgan fingerprint density at radius 2 is 1.90 bits per heavy atom. The molecule has 0 saturated carbocycles. The fourth-order valence-corrected chi connectivity index (χ4v) is 2.77. The van der Waals surface area contributed by atoms with Gasteiger partial charge in [0.25, 0.3) is 0 Å². The number of nitrogens with one attached hydrogen (secondary N) is 1. The van der Waals surface area contributed by atoms with Crippen molar-refractivity contribution in [3.63, 3.8) is 0 Å². The fraction of sp³-hybridized carbons (Fsp3) is 0.375. The summed E-state index contributed by atoms with van der Waals surface area (Å²) in [5.41, 5.74) is 2.39. The molecule has 4 nitrogen and oxygen atoms in total. The first-order chi connectivity index (χ1) is 9.77. The van der Waals surface area contributed by atoms with Gasteiger partial charge in [0.2, 0.25) is 0 Å². The third-order valence-corrected chi connectivity index (χ3v) is 4.36. The molecule has 2 rings (SSSR count). The zero-order valence-corrected chi connectivity index (χ0v) is 13.5. The maximum Gasteiger partial charge on any atom is 0.332 e. The topological polar surface area (TPSA) is 62.2 Å². The van der Waals surface area contributed by atoms with Gasteiger partial charge in [-0.2, -0.15) is 0 Å². The number of carboxylic acids is 1. The molecule has 1 unspecified atom stereocenters. The van der Waals surface area contributed by atoms with E-state index < -0.39 is 12.0 Å². The largest absolute Gasteiger partial charge is 0.479 e. The monoisotopic (exact) mass is 304 g/mol. The zero-order chi connectivity index (χ0) is 15.6. The Kier molecular flexibility index (Phi) is 4.32. The lowest BCUT2D eigenvalue weighted by Crippen LogP contribution is -2.21. The van der Waals surface area contributed by atoms with Crippen molar-refractivity contribution in [2.75, 3.05) is 5.32 Å². The molecule has 0 bridgehead atoms. The predicted molar refractivity (Wildman–Crippen MR) is 86.0 cm³/mol. The predicted octanol–water partition coefficient (Wildman–Crippen LogP) is 3.99. The third-order valence-electron chi connectivity index (χ3n) is 3.07. The molecular weight excluding hydrogens is 284 g/mol. The summed E-state index contributed by atoms with van der Waals surface area (Å²) < 4.78 is 0. The fourth-order valence-electron chi connectivity index (χ4n) is 1.84. The van der Waals surface area contributed by atoms with E-state index in [1.807, 2.05) is 36.6 Å². The van der Waals surface area contributed by atoms with Crippen molar-refractivity contribution in [3.8, 4) is 0 Å². The summed E-state index contributed by atoms with van der Waals surface area (Å²) in [6.45, 7) is 8.20. The summed E-state index contributed by atoms with van der Waals surface area (Å²) >= 11 is 1.50. The Hall–Kier alpha value is -1.88. The van der Waals surface area contributed by atoms with Crippen LogP contribution in [0.2, 0.25) is 0 Å². The summed E-state index contributed by atoms with van der Waals surface area (Å²) in [5.74, 6) is -0.929. The van der Waals surface area contributed by atoms with Gasteiger partial charge < -0.3 is 10.4 Å². The molecule has 112 valence electrons. The maximum atomic E-state index is 11.5. The molecule has 0 saturated heterocycles. The average Bonchev–Trinajstić information content (AvgIpc) is 2.87. The highest BCUT2D eigenvalue weighted by molar-refractivity contribution is 7.09. The smallest absolute Gasteiger partial charge is 0.332 e. The number of aromatic nitrogens is 1. The molecule has 1 aromatic heterocycles. The van der Waals surface area contributed by atoms with E-state index >= 15 is 0 Å². The van der Waals surface area contributed by atoms with E-state index in [1.165, 1.54) is 11.3 Å². The van der Waals surface area contributed by atoms with Crippen LogP contribution >= 0.6 is 11.3 Å². The van der Waals surface area contributed by atoms with Crippen LogP contribution in [-0.2, 0) is 10.2 Å². The summed E-state index contributed by atoms with van der Waals surface area (Å²) in [6, 6.07) is 6.82. The number of anilines is 1. The van der Waals surface area contributed by atoms with Gasteiger partial charge in [-0.25, -0.2) is 9.78 Å². The van der Waals surface area contributed by atoms with Crippen LogP contribution in [0.4, 0.5) is 5.69 Å². The highest BCUT2D eigenvalue weighted by atomic mass is 32.1. The van der Waals surface area contributed by atoms with Crippen molar-refractivity contribution in [1.29, 1.82) is 0 Å². The van der Waals surface area contributed by atoms with Gasteiger partial charge in [-0.15, -0.1) is 11.3 Å². The van der Waals surface area contributed by atoms with Crippen LogP contribution in [0.3, 0.4) is 0 Å². The number of thiazole rings is 1. The molecule has 0 aliphatic heterocycles. The van der Waals surface area contributed by atoms with Crippen LogP contribution in [0.5, 0.6) is 0 Å². The molecule has 2 N–H and O–H groups in total. The third kappa shape index (κ3) is 3.82. The van der Waals surface area contributed by atoms with Crippen molar-refractivity contribution in [2.45, 2.75) is 39.2 Å². The summed E-state index contributed by atoms with van der Waals surface area (Å²) in [5, 5.41) is 15.2. The lowest BCUT2D eigenvalue weighted by Gasteiger charge is -2.16. The van der Waals surface area contributed by atoms with E-state index in [2.05, 4.69) is 31.1 Å². The van der Waals surface area contributed by atoms with Crippen molar-refractivity contribution in [3.05, 3.63) is 45.9 Å². The van der Waals surface area contributed by atoms with Gasteiger partial charge in [0.1, 0.15) is 0 Å². The molecule has 5 heteroatoms. The second-order valence-electron chi connectivity index (χ2n) is 6.11. The van der Waals surface area contributed by atoms with E-state index in [1.54, 1.807) is 0 Å². The van der Waals surface area contributed by atoms with Crippen molar-refractivity contribution >= 4 is 23.0 Å². The molecule has 1 aromatic carbocycles. The van der Waals surface area contributed by atoms with Gasteiger partial charge in [0.05, 0.1) is 10.7 Å². The molecule has 0 fully saturated rings. The molecule has 1 heterocycles. The van der Waals surface area contributed by atoms with Gasteiger partial charge in [0.15, 0.2) is 6.04 Å². The van der Waals surface area contributed by atoms with Crippen LogP contribution in [0.15, 0.2) is 29.6 Å². The van der Waals surface area contributed by atoms with Gasteiger partial charge in [-0.3, -0.25) is 0 Å². The summed E-state index contributed by atoms with van der Waals surface area (Å²) in [4.78, 5) is 16.0. The Labute approximate surface area is 128 Å². The first kappa shape index (κ1) is 15.5. The Balaban J connectivity index is 2.25. The minimum Gasteiger partial charge on any atom is -0.479 e. The number of nitrogens with zero attached hydrogens (tertiary/aromatic N) is 1. The van der Waals surface area contributed by atoms with Gasteiger partial charge in [0, 0.05) is 16.5 Å². The maximum absolute atomic E-state index is 11.5. The summed E-state index contributed by atoms with van der Waals surface area (Å²) in [7, 11) is 0. The molecule has 1 atom stereocenters. The van der Waals surface area contributed by atoms with Crippen LogP contribution in [0, 0.1) is 6.92 Å². The number of aryl methyl sites for hydroxylation is 1. The highest BCUT2D eigenvalue weighted by Gasteiger charge is 2.25. The van der Waals surface area contributed by atoms with Crippen LogP contribution in [0.1, 0.15) is 43.1 Å². The number of benzene rings is 1. The Morgan fingerprint density at radius 1 is 1.29 bits per heavy atom. The molecule has 0 aliphatic carbocycles. The van der Waals surface area contributed by atoms with Crippen LogP contribution < -0.4 is 5.32 Å². The van der Waals surface area contributed by atoms with E-state index in [0.29, 0.717) is 5.69 Å². The zero-order valence-electron chi connectivity index (χ0n) is 12.7. The van der Waals surface area contributed by atoms with E-state index in [0.717, 1.165) is 16.3 Å². The number of carbonyl (C=O) groups is 1. The summed E-state index contributed by atoms with van der Waals surface area (Å²) in [6.07, 6.45) is 0. The van der Waals surface area contributed by atoms with E-state index in [9.17, 15) is 9.90 Å². The minimum absolute atomic E-state index is 0.0736. The quantitative estimate of drug-likeness (QED) is 0.896. The van der Waals surface area contributed by atoms with Gasteiger partial charge in [-0.1, -0.05) is 38.5 Å². The average molecular weight is 304 g/mol. The first-order valence-electron chi connectivity index (χ1n) is 6.79. The van der Waals surface area contributed by atoms with Crippen molar-refractivity contribution < 1.29 is 9.90 Å². The van der Waals surface area contributed by atoms with Crippen LogP contribution in [0.25, 0.3) is 0 Å². The number of aliphatic carboxylic acids is 1. The van der Waals surface area contributed by atoms with Crippen LogP contribution in [-0.4, -0.2) is 16.1 Å².